The van der Waals surface area contributed by atoms with E-state index in [-0.39, 0.29) is 5.41 Å². The van der Waals surface area contributed by atoms with Gasteiger partial charge in [-0.15, -0.1) is 0 Å². The molecule has 0 heterocycles. The smallest absolute Gasteiger partial charge is 0.338 e. The van der Waals surface area contributed by atoms with Gasteiger partial charge in [0.25, 0.3) is 0 Å². The van der Waals surface area contributed by atoms with Crippen molar-refractivity contribution < 1.29 is 9.53 Å². The number of carbonyl (C=O) groups excluding carboxylic acids is 1. The normalized spacial score (nSPS) is 13.6. The highest BCUT2D eigenvalue weighted by molar-refractivity contribution is 5.89. The lowest BCUT2D eigenvalue weighted by Gasteiger charge is -2.39. The van der Waals surface area contributed by atoms with Crippen molar-refractivity contribution in [2.45, 2.75) is 65.2 Å². The van der Waals surface area contributed by atoms with Gasteiger partial charge >= 0.3 is 5.97 Å². The highest BCUT2D eigenvalue weighted by Crippen LogP contribution is 2.47. The van der Waals surface area contributed by atoms with Crippen LogP contribution in [0.15, 0.2) is 158 Å². The summed E-state index contributed by atoms with van der Waals surface area (Å²) in [6.07, 6.45) is 5.93. The molecular formula is C49H48N2O2. The molecule has 4 heteroatoms. The van der Waals surface area contributed by atoms with E-state index in [4.69, 9.17) is 4.74 Å². The molecule has 6 aromatic carbocycles. The lowest BCUT2D eigenvalue weighted by molar-refractivity contribution is -0.130. The Hall–Kier alpha value is -5.87. The van der Waals surface area contributed by atoms with Crippen LogP contribution in [0.25, 0.3) is 0 Å². The maximum atomic E-state index is 12.1. The van der Waals surface area contributed by atoms with Gasteiger partial charge in [-0.1, -0.05) is 103 Å². The summed E-state index contributed by atoms with van der Waals surface area (Å²) in [6, 6.07) is 52.3. The van der Waals surface area contributed by atoms with Crippen molar-refractivity contribution in [3.8, 4) is 5.75 Å². The molecule has 0 aromatic heterocycles. The minimum absolute atomic E-state index is 0.0582. The summed E-state index contributed by atoms with van der Waals surface area (Å²) in [4.78, 5) is 16.7. The number of carbonyl (C=O) groups is 1. The summed E-state index contributed by atoms with van der Waals surface area (Å²) in [7, 11) is 0. The number of rotatable bonds is 10. The second-order valence-corrected chi connectivity index (χ2v) is 14.6. The molecule has 0 spiro atoms. The number of nitrogens with zero attached hydrogens (tertiary/aromatic N) is 2. The van der Waals surface area contributed by atoms with E-state index < -0.39 is 5.97 Å². The van der Waals surface area contributed by atoms with Gasteiger partial charge in [0.15, 0.2) is 0 Å². The molecule has 0 aliphatic heterocycles. The van der Waals surface area contributed by atoms with Gasteiger partial charge in [-0.25, -0.2) is 4.79 Å². The van der Waals surface area contributed by atoms with Crippen LogP contribution in [0.4, 0.5) is 34.1 Å². The summed E-state index contributed by atoms with van der Waals surface area (Å²) >= 11 is 0. The number of esters is 1. The highest BCUT2D eigenvalue weighted by Gasteiger charge is 2.36. The van der Waals surface area contributed by atoms with E-state index in [0.717, 1.165) is 47.0 Å². The molecule has 1 aliphatic carbocycles. The third-order valence-electron chi connectivity index (χ3n) is 10.6. The molecule has 0 unspecified atom stereocenters. The maximum absolute atomic E-state index is 12.1. The molecule has 266 valence electrons. The molecule has 1 saturated carbocycles. The zero-order valence-corrected chi connectivity index (χ0v) is 31.3. The lowest BCUT2D eigenvalue weighted by atomic mass is 9.65. The lowest BCUT2D eigenvalue weighted by Crippen LogP contribution is -2.30. The number of ether oxygens (including phenoxy) is 1. The largest absolute Gasteiger partial charge is 0.423 e. The summed E-state index contributed by atoms with van der Waals surface area (Å²) in [5.41, 5.74) is 13.3. The van der Waals surface area contributed by atoms with Crippen LogP contribution in [-0.2, 0) is 10.2 Å². The van der Waals surface area contributed by atoms with Gasteiger partial charge < -0.3 is 14.5 Å². The minimum Gasteiger partial charge on any atom is -0.423 e. The summed E-state index contributed by atoms with van der Waals surface area (Å²) in [6.45, 7) is 11.7. The zero-order chi connectivity index (χ0) is 37.0. The van der Waals surface area contributed by atoms with Gasteiger partial charge in [0.2, 0.25) is 0 Å². The SMILES string of the molecule is C=C(C)C(=O)Oc1ccc(N(c2ccc(C)cc2)c2ccc(C3(c4ccc(N(c5ccc(C)cc5)c5ccc(C)cc5)cc4)CCCCC3)cc2)cc1. The van der Waals surface area contributed by atoms with Crippen molar-refractivity contribution in [2.75, 3.05) is 9.80 Å². The Morgan fingerprint density at radius 1 is 0.491 bits per heavy atom. The van der Waals surface area contributed by atoms with E-state index >= 15 is 0 Å². The predicted molar refractivity (Wildman–Crippen MR) is 221 cm³/mol. The number of aryl methyl sites for hydroxylation is 3. The monoisotopic (exact) mass is 696 g/mol. The van der Waals surface area contributed by atoms with Crippen molar-refractivity contribution in [3.05, 3.63) is 186 Å². The van der Waals surface area contributed by atoms with Gasteiger partial charge in [-0.2, -0.15) is 0 Å². The Labute approximate surface area is 315 Å². The third kappa shape index (κ3) is 7.68. The first kappa shape index (κ1) is 35.5. The van der Waals surface area contributed by atoms with E-state index in [0.29, 0.717) is 11.3 Å². The van der Waals surface area contributed by atoms with Crippen LogP contribution in [0.3, 0.4) is 0 Å². The van der Waals surface area contributed by atoms with E-state index in [1.165, 1.54) is 47.1 Å². The fourth-order valence-corrected chi connectivity index (χ4v) is 7.59. The number of anilines is 6. The van der Waals surface area contributed by atoms with Crippen LogP contribution in [-0.4, -0.2) is 5.97 Å². The first-order chi connectivity index (χ1) is 25.7. The molecule has 6 aromatic rings. The first-order valence-corrected chi connectivity index (χ1v) is 18.7. The van der Waals surface area contributed by atoms with E-state index in [9.17, 15) is 4.79 Å². The Balaban J connectivity index is 1.23. The molecule has 1 aliphatic rings. The fraction of sp³-hybridized carbons (Fsp3) is 0.204. The van der Waals surface area contributed by atoms with Gasteiger partial charge in [-0.3, -0.25) is 0 Å². The molecule has 0 saturated heterocycles. The first-order valence-electron chi connectivity index (χ1n) is 18.7. The van der Waals surface area contributed by atoms with Crippen molar-refractivity contribution in [2.24, 2.45) is 0 Å². The Morgan fingerprint density at radius 2 is 0.792 bits per heavy atom. The van der Waals surface area contributed by atoms with Gasteiger partial charge in [0.1, 0.15) is 5.75 Å². The Kier molecular flexibility index (Phi) is 10.3. The molecule has 1 fully saturated rings. The van der Waals surface area contributed by atoms with E-state index in [1.807, 2.05) is 24.3 Å². The molecule has 4 nitrogen and oxygen atoms in total. The van der Waals surface area contributed by atoms with Crippen molar-refractivity contribution in [3.63, 3.8) is 0 Å². The Morgan fingerprint density at radius 3 is 1.11 bits per heavy atom. The molecule has 7 rings (SSSR count). The maximum Gasteiger partial charge on any atom is 0.338 e. The summed E-state index contributed by atoms with van der Waals surface area (Å²) in [5.74, 6) is 0.0666. The van der Waals surface area contributed by atoms with Gasteiger partial charge in [0, 0.05) is 45.1 Å². The van der Waals surface area contributed by atoms with Crippen LogP contribution < -0.4 is 14.5 Å². The summed E-state index contributed by atoms with van der Waals surface area (Å²) < 4.78 is 5.49. The molecule has 0 radical (unpaired) electrons. The van der Waals surface area contributed by atoms with Crippen LogP contribution in [0.2, 0.25) is 0 Å². The minimum atomic E-state index is -0.426. The number of benzene rings is 6. The van der Waals surface area contributed by atoms with Gasteiger partial charge in [0.05, 0.1) is 0 Å². The predicted octanol–water partition coefficient (Wildman–Crippen LogP) is 13.3. The van der Waals surface area contributed by atoms with Crippen LogP contribution in [0.5, 0.6) is 5.75 Å². The Bertz CT molecular complexity index is 2110. The zero-order valence-electron chi connectivity index (χ0n) is 31.3. The standard InChI is InChI=1S/C49H48N2O2/c1-35(2)48(52)53-47-31-29-46(30-32-47)51(43-23-13-38(5)14-24-43)45-27-17-40(18-28-45)49(33-7-6-8-34-49)39-15-25-44(26-16-39)50(41-19-9-36(3)10-20-41)42-21-11-37(4)12-22-42/h9-32H,1,6-8,33-34H2,2-5H3. The van der Waals surface area contributed by atoms with Crippen molar-refractivity contribution in [1.29, 1.82) is 0 Å². The molecule has 0 bridgehead atoms. The fourth-order valence-electron chi connectivity index (χ4n) is 7.59. The molecule has 0 atom stereocenters. The molecule has 0 N–H and O–H groups in total. The third-order valence-corrected chi connectivity index (χ3v) is 10.6. The topological polar surface area (TPSA) is 32.8 Å². The molecule has 53 heavy (non-hydrogen) atoms. The van der Waals surface area contributed by atoms with Crippen LogP contribution >= 0.6 is 0 Å². The van der Waals surface area contributed by atoms with Crippen LogP contribution in [0, 0.1) is 20.8 Å². The quantitative estimate of drug-likeness (QED) is 0.0811. The average molecular weight is 697 g/mol. The van der Waals surface area contributed by atoms with Crippen molar-refractivity contribution in [1.82, 2.24) is 0 Å². The number of hydrogen-bond donors (Lipinski definition) is 0. The van der Waals surface area contributed by atoms with Gasteiger partial charge in [-0.05, 0) is 137 Å². The van der Waals surface area contributed by atoms with E-state index in [2.05, 4.69) is 158 Å². The number of hydrogen-bond acceptors (Lipinski definition) is 4. The van der Waals surface area contributed by atoms with Crippen molar-refractivity contribution >= 4 is 40.1 Å². The second-order valence-electron chi connectivity index (χ2n) is 14.6. The second kappa shape index (κ2) is 15.4. The van der Waals surface area contributed by atoms with Crippen LogP contribution in [0.1, 0.15) is 66.8 Å². The average Bonchev–Trinajstić information content (AvgIpc) is 3.19. The highest BCUT2D eigenvalue weighted by atomic mass is 16.5. The van der Waals surface area contributed by atoms with E-state index in [1.54, 1.807) is 6.92 Å². The molecular weight excluding hydrogens is 649 g/mol. The molecule has 0 amide bonds. The summed E-state index contributed by atoms with van der Waals surface area (Å²) in [5, 5.41) is 0.